The van der Waals surface area contributed by atoms with Gasteiger partial charge in [0.2, 0.25) is 0 Å². The summed E-state index contributed by atoms with van der Waals surface area (Å²) in [6, 6.07) is 10.2. The molecule has 152 valence electrons. The Labute approximate surface area is 170 Å². The summed E-state index contributed by atoms with van der Waals surface area (Å²) < 4.78 is 7.41. The maximum absolute atomic E-state index is 13.3. The Kier molecular flexibility index (Phi) is 5.18. The van der Waals surface area contributed by atoms with Crippen molar-refractivity contribution >= 4 is 22.6 Å². The number of aryl methyl sites for hydroxylation is 3. The van der Waals surface area contributed by atoms with Crippen LogP contribution in [0.3, 0.4) is 0 Å². The monoisotopic (exact) mass is 393 g/mol. The number of amides is 1. The van der Waals surface area contributed by atoms with Crippen molar-refractivity contribution in [3.05, 3.63) is 63.8 Å². The Morgan fingerprint density at radius 3 is 2.55 bits per heavy atom. The SMILES string of the molecule is CCCn1ccc2oc(C)c(C(=O)N3CCN(c4cccc(C)c4)CC3)c2c1=O. The van der Waals surface area contributed by atoms with Crippen LogP contribution in [-0.4, -0.2) is 41.6 Å². The summed E-state index contributed by atoms with van der Waals surface area (Å²) >= 11 is 0. The number of pyridine rings is 1. The summed E-state index contributed by atoms with van der Waals surface area (Å²) in [5, 5.41) is 0.407. The topological polar surface area (TPSA) is 58.7 Å². The molecule has 6 nitrogen and oxygen atoms in total. The first kappa shape index (κ1) is 19.3. The maximum atomic E-state index is 13.3. The summed E-state index contributed by atoms with van der Waals surface area (Å²) in [5.41, 5.74) is 3.17. The van der Waals surface area contributed by atoms with Gasteiger partial charge in [-0.3, -0.25) is 9.59 Å². The van der Waals surface area contributed by atoms with Crippen LogP contribution in [0.25, 0.3) is 11.0 Å². The zero-order valence-electron chi connectivity index (χ0n) is 17.3. The van der Waals surface area contributed by atoms with E-state index in [1.54, 1.807) is 23.8 Å². The van der Waals surface area contributed by atoms with Gasteiger partial charge in [-0.2, -0.15) is 0 Å². The van der Waals surface area contributed by atoms with Gasteiger partial charge in [0.1, 0.15) is 11.3 Å². The fourth-order valence-electron chi connectivity index (χ4n) is 4.09. The number of piperazine rings is 1. The zero-order valence-corrected chi connectivity index (χ0v) is 17.3. The average molecular weight is 393 g/mol. The normalized spacial score (nSPS) is 14.6. The summed E-state index contributed by atoms with van der Waals surface area (Å²) in [6.07, 6.45) is 2.60. The molecule has 3 aromatic rings. The number of hydrogen-bond donors (Lipinski definition) is 0. The Hall–Kier alpha value is -3.02. The molecule has 1 amide bonds. The number of hydrogen-bond acceptors (Lipinski definition) is 4. The van der Waals surface area contributed by atoms with E-state index in [0.717, 1.165) is 19.5 Å². The molecule has 0 N–H and O–H groups in total. The van der Waals surface area contributed by atoms with Crippen molar-refractivity contribution in [3.8, 4) is 0 Å². The Bertz CT molecular complexity index is 1100. The van der Waals surface area contributed by atoms with Crippen molar-refractivity contribution in [2.24, 2.45) is 0 Å². The quantitative estimate of drug-likeness (QED) is 0.680. The second-order valence-electron chi connectivity index (χ2n) is 7.71. The summed E-state index contributed by atoms with van der Waals surface area (Å²) in [6.45, 7) is 9.28. The molecule has 3 heterocycles. The standard InChI is InChI=1S/C23H27N3O3/c1-4-9-25-10-8-19-21(23(25)28)20(17(3)29-19)22(27)26-13-11-24(12-14-26)18-7-5-6-16(2)15-18/h5-8,10,15H,4,9,11-14H2,1-3H3. The molecule has 1 aromatic carbocycles. The van der Waals surface area contributed by atoms with Crippen LogP contribution in [0.15, 0.2) is 45.7 Å². The minimum Gasteiger partial charge on any atom is -0.460 e. The first-order valence-corrected chi connectivity index (χ1v) is 10.2. The van der Waals surface area contributed by atoms with Crippen LogP contribution in [0.5, 0.6) is 0 Å². The Morgan fingerprint density at radius 2 is 1.86 bits per heavy atom. The Morgan fingerprint density at radius 1 is 1.10 bits per heavy atom. The fraction of sp³-hybridized carbons (Fsp3) is 0.391. The lowest BCUT2D eigenvalue weighted by Crippen LogP contribution is -2.49. The van der Waals surface area contributed by atoms with Crippen molar-refractivity contribution in [1.82, 2.24) is 9.47 Å². The molecular formula is C23H27N3O3. The van der Waals surface area contributed by atoms with Crippen LogP contribution in [-0.2, 0) is 6.54 Å². The lowest BCUT2D eigenvalue weighted by atomic mass is 10.1. The van der Waals surface area contributed by atoms with Gasteiger partial charge in [0.05, 0.1) is 10.9 Å². The number of furan rings is 1. The fourth-order valence-corrected chi connectivity index (χ4v) is 4.09. The molecule has 0 saturated carbocycles. The molecule has 0 radical (unpaired) electrons. The largest absolute Gasteiger partial charge is 0.460 e. The van der Waals surface area contributed by atoms with Gasteiger partial charge in [0.25, 0.3) is 11.5 Å². The second kappa shape index (κ2) is 7.78. The maximum Gasteiger partial charge on any atom is 0.262 e. The lowest BCUT2D eigenvalue weighted by Gasteiger charge is -2.36. The van der Waals surface area contributed by atoms with E-state index in [1.165, 1.54) is 11.3 Å². The van der Waals surface area contributed by atoms with Crippen LogP contribution in [0.2, 0.25) is 0 Å². The van der Waals surface area contributed by atoms with Gasteiger partial charge < -0.3 is 18.8 Å². The van der Waals surface area contributed by atoms with Gasteiger partial charge in [0.15, 0.2) is 0 Å². The molecule has 1 aliphatic heterocycles. The highest BCUT2D eigenvalue weighted by atomic mass is 16.3. The molecule has 0 spiro atoms. The van der Waals surface area contributed by atoms with Crippen molar-refractivity contribution in [1.29, 1.82) is 0 Å². The lowest BCUT2D eigenvalue weighted by molar-refractivity contribution is 0.0746. The second-order valence-corrected chi connectivity index (χ2v) is 7.71. The van der Waals surface area contributed by atoms with Crippen molar-refractivity contribution in [2.75, 3.05) is 31.1 Å². The molecule has 0 atom stereocenters. The molecule has 1 aliphatic rings. The van der Waals surface area contributed by atoms with Gasteiger partial charge >= 0.3 is 0 Å². The van der Waals surface area contributed by atoms with E-state index in [4.69, 9.17) is 4.42 Å². The predicted molar refractivity (Wildman–Crippen MR) is 115 cm³/mol. The molecule has 0 bridgehead atoms. The highest BCUT2D eigenvalue weighted by Gasteiger charge is 2.28. The number of fused-ring (bicyclic) bond motifs is 1. The number of aromatic nitrogens is 1. The molecule has 2 aromatic heterocycles. The highest BCUT2D eigenvalue weighted by molar-refractivity contribution is 6.07. The van der Waals surface area contributed by atoms with E-state index in [1.807, 2.05) is 11.8 Å². The van der Waals surface area contributed by atoms with E-state index in [0.29, 0.717) is 41.9 Å². The van der Waals surface area contributed by atoms with Crippen LogP contribution < -0.4 is 10.5 Å². The number of nitrogens with zero attached hydrogens (tertiary/aromatic N) is 3. The van der Waals surface area contributed by atoms with E-state index in [9.17, 15) is 9.59 Å². The van der Waals surface area contributed by atoms with E-state index >= 15 is 0 Å². The molecule has 0 aliphatic carbocycles. The number of benzene rings is 1. The first-order valence-electron chi connectivity index (χ1n) is 10.2. The summed E-state index contributed by atoms with van der Waals surface area (Å²) in [4.78, 5) is 30.4. The van der Waals surface area contributed by atoms with Crippen molar-refractivity contribution in [2.45, 2.75) is 33.7 Å². The number of rotatable bonds is 4. The smallest absolute Gasteiger partial charge is 0.262 e. The van der Waals surface area contributed by atoms with Gasteiger partial charge in [-0.05, 0) is 44.0 Å². The Balaban J connectivity index is 1.59. The van der Waals surface area contributed by atoms with Crippen LogP contribution in [0.4, 0.5) is 5.69 Å². The highest BCUT2D eigenvalue weighted by Crippen LogP contribution is 2.25. The minimum atomic E-state index is -0.150. The first-order chi connectivity index (χ1) is 14.0. The molecule has 4 rings (SSSR count). The van der Waals surface area contributed by atoms with Gasteiger partial charge in [-0.25, -0.2) is 0 Å². The molecule has 1 saturated heterocycles. The van der Waals surface area contributed by atoms with Gasteiger partial charge in [-0.1, -0.05) is 19.1 Å². The van der Waals surface area contributed by atoms with Crippen molar-refractivity contribution < 1.29 is 9.21 Å². The van der Waals surface area contributed by atoms with Gasteiger partial charge in [-0.15, -0.1) is 0 Å². The molecular weight excluding hydrogens is 366 g/mol. The average Bonchev–Trinajstić information content (AvgIpc) is 3.06. The van der Waals surface area contributed by atoms with Crippen LogP contribution in [0.1, 0.15) is 35.0 Å². The van der Waals surface area contributed by atoms with Gasteiger partial charge in [0, 0.05) is 44.6 Å². The van der Waals surface area contributed by atoms with E-state index in [-0.39, 0.29) is 11.5 Å². The van der Waals surface area contributed by atoms with Crippen molar-refractivity contribution in [3.63, 3.8) is 0 Å². The molecule has 1 fully saturated rings. The molecule has 6 heteroatoms. The predicted octanol–water partition coefficient (Wildman–Crippen LogP) is 3.58. The minimum absolute atomic E-state index is 0.114. The summed E-state index contributed by atoms with van der Waals surface area (Å²) in [7, 11) is 0. The third kappa shape index (κ3) is 3.55. The van der Waals surface area contributed by atoms with E-state index < -0.39 is 0 Å². The van der Waals surface area contributed by atoms with Crippen LogP contribution in [0, 0.1) is 13.8 Å². The van der Waals surface area contributed by atoms with Crippen LogP contribution >= 0.6 is 0 Å². The number of anilines is 1. The third-order valence-corrected chi connectivity index (χ3v) is 5.60. The summed E-state index contributed by atoms with van der Waals surface area (Å²) in [5.74, 6) is 0.397. The molecule has 29 heavy (non-hydrogen) atoms. The molecule has 0 unspecified atom stereocenters. The third-order valence-electron chi connectivity index (χ3n) is 5.60. The van der Waals surface area contributed by atoms with E-state index in [2.05, 4.69) is 36.1 Å². The number of carbonyl (C=O) groups is 1. The number of carbonyl (C=O) groups excluding carboxylic acids is 1. The zero-order chi connectivity index (χ0) is 20.5.